The third-order valence-electron chi connectivity index (χ3n) is 6.38. The van der Waals surface area contributed by atoms with E-state index in [0.29, 0.717) is 54.5 Å². The molecule has 214 valence electrons. The summed E-state index contributed by atoms with van der Waals surface area (Å²) in [5.41, 5.74) is 5.19. The summed E-state index contributed by atoms with van der Waals surface area (Å²) in [6, 6.07) is 4.95. The lowest BCUT2D eigenvalue weighted by molar-refractivity contribution is -0.150. The van der Waals surface area contributed by atoms with E-state index in [-0.39, 0.29) is 23.8 Å². The number of nitrogens with two attached hydrogens (primary N) is 1. The number of allylic oxidation sites excluding steroid dienone is 6. The average Bonchev–Trinajstić information content (AvgIpc) is 3.22. The Balaban J connectivity index is 0.00000216. The highest BCUT2D eigenvalue weighted by Gasteiger charge is 2.20. The molecule has 2 heterocycles. The molecule has 10 heteroatoms. The first kappa shape index (κ1) is 30.7. The van der Waals surface area contributed by atoms with Crippen LogP contribution in [0.5, 0.6) is 0 Å². The number of aromatic nitrogens is 2. The quantitative estimate of drug-likeness (QED) is 0.128. The van der Waals surface area contributed by atoms with Crippen LogP contribution in [0.1, 0.15) is 70.3 Å². The Morgan fingerprint density at radius 1 is 1.25 bits per heavy atom. The molecule has 1 aromatic heterocycles. The van der Waals surface area contributed by atoms with Gasteiger partial charge in [-0.05, 0) is 56.5 Å². The monoisotopic (exact) mass is 550 g/mol. The third kappa shape index (κ3) is 8.32. The second kappa shape index (κ2) is 14.5. The number of nitrogens with one attached hydrogen (secondary N) is 2. The number of benzene rings is 1. The van der Waals surface area contributed by atoms with Crippen LogP contribution in [0.2, 0.25) is 0 Å². The molecule has 9 nitrogen and oxygen atoms in total. The highest BCUT2D eigenvalue weighted by molar-refractivity contribution is 5.82. The fraction of sp³-hybridized carbons (Fsp3) is 0.367. The minimum Gasteiger partial charge on any atom is -0.366 e. The molecule has 0 saturated carbocycles. The molecule has 6 N–H and O–H groups in total. The lowest BCUT2D eigenvalue weighted by Gasteiger charge is -2.22. The van der Waals surface area contributed by atoms with Gasteiger partial charge in [0.05, 0.1) is 22.6 Å². The minimum absolute atomic E-state index is 0.202. The third-order valence-corrected chi connectivity index (χ3v) is 6.38. The van der Waals surface area contributed by atoms with Crippen molar-refractivity contribution in [2.24, 2.45) is 10.8 Å². The molecular formula is C30H39FN6O3. The molecule has 1 unspecified atom stereocenters. The van der Waals surface area contributed by atoms with Crippen LogP contribution in [0.15, 0.2) is 82.3 Å². The average molecular weight is 551 g/mol. The SMILES string of the molecule is CC.CC(O)(O)CCCCc1nc2cc(/C(=C/NC3=CCC=NC=C3)NN)ccc2c(=O)n1C1C=CC(F)=CC1. The van der Waals surface area contributed by atoms with E-state index in [2.05, 4.69) is 15.7 Å². The maximum atomic E-state index is 13.6. The molecule has 40 heavy (non-hydrogen) atoms. The fourth-order valence-electron chi connectivity index (χ4n) is 4.41. The predicted molar refractivity (Wildman–Crippen MR) is 159 cm³/mol. The number of rotatable bonds is 10. The Morgan fingerprint density at radius 2 is 2.05 bits per heavy atom. The van der Waals surface area contributed by atoms with Crippen LogP contribution in [0.4, 0.5) is 4.39 Å². The predicted octanol–water partition coefficient (Wildman–Crippen LogP) is 4.41. The summed E-state index contributed by atoms with van der Waals surface area (Å²) in [4.78, 5) is 22.6. The van der Waals surface area contributed by atoms with Gasteiger partial charge in [-0.15, -0.1) is 0 Å². The van der Waals surface area contributed by atoms with Crippen molar-refractivity contribution >= 4 is 22.8 Å². The van der Waals surface area contributed by atoms with Gasteiger partial charge in [0.1, 0.15) is 11.7 Å². The summed E-state index contributed by atoms with van der Waals surface area (Å²) in [5.74, 6) is 4.29. The van der Waals surface area contributed by atoms with Crippen LogP contribution < -0.4 is 22.1 Å². The molecular weight excluding hydrogens is 511 g/mol. The zero-order chi connectivity index (χ0) is 29.1. The molecule has 1 aliphatic carbocycles. The smallest absolute Gasteiger partial charge is 0.261 e. The van der Waals surface area contributed by atoms with Gasteiger partial charge in [0, 0.05) is 49.1 Å². The standard InChI is InChI=1S/C28H33FN6O3.C2H6/c1-28(37,38)14-3-2-6-26-33-24-17-19(25(34-30)18-32-21-5-4-15-31-16-13-21)7-12-23(24)27(36)35(26)22-10-8-20(29)9-11-22;1-2/h5,7-10,12-13,15-18,22,32,34,37-38H,2-4,6,11,14,30H2,1H3;1-2H3/b25-18-;. The van der Waals surface area contributed by atoms with Crippen molar-refractivity contribution in [1.82, 2.24) is 20.3 Å². The molecule has 4 rings (SSSR count). The largest absolute Gasteiger partial charge is 0.366 e. The second-order valence-corrected chi connectivity index (χ2v) is 9.50. The first-order valence-corrected chi connectivity index (χ1v) is 13.6. The van der Waals surface area contributed by atoms with E-state index >= 15 is 0 Å². The summed E-state index contributed by atoms with van der Waals surface area (Å²) in [5, 5.41) is 22.9. The van der Waals surface area contributed by atoms with Gasteiger partial charge in [0.25, 0.3) is 5.56 Å². The Morgan fingerprint density at radius 3 is 2.75 bits per heavy atom. The number of aliphatic imine (C=N–C) groups is 1. The molecule has 0 fully saturated rings. The van der Waals surface area contributed by atoms with Crippen molar-refractivity contribution in [1.29, 1.82) is 0 Å². The Kier molecular flexibility index (Phi) is 11.1. The lowest BCUT2D eigenvalue weighted by atomic mass is 10.0. The van der Waals surface area contributed by atoms with E-state index in [1.165, 1.54) is 19.1 Å². The molecule has 0 bridgehead atoms. The highest BCUT2D eigenvalue weighted by atomic mass is 19.1. The van der Waals surface area contributed by atoms with Gasteiger partial charge in [-0.3, -0.25) is 20.2 Å². The normalized spacial score (nSPS) is 17.1. The van der Waals surface area contributed by atoms with Gasteiger partial charge in [-0.2, -0.15) is 0 Å². The van der Waals surface area contributed by atoms with Crippen LogP contribution in [0, 0.1) is 0 Å². The second-order valence-electron chi connectivity index (χ2n) is 9.50. The van der Waals surface area contributed by atoms with Crippen LogP contribution >= 0.6 is 0 Å². The number of hydrogen-bond acceptors (Lipinski definition) is 8. The Bertz CT molecular complexity index is 1410. The van der Waals surface area contributed by atoms with Gasteiger partial charge < -0.3 is 21.0 Å². The Labute approximate surface area is 234 Å². The molecule has 1 aromatic carbocycles. The molecule has 1 aliphatic heterocycles. The maximum absolute atomic E-state index is 13.6. The minimum atomic E-state index is -1.75. The molecule has 0 amide bonds. The van der Waals surface area contributed by atoms with Gasteiger partial charge in [0.2, 0.25) is 0 Å². The number of unbranched alkanes of at least 4 members (excludes halogenated alkanes) is 1. The Hall–Kier alpha value is -3.86. The van der Waals surface area contributed by atoms with Crippen molar-refractivity contribution in [2.45, 2.75) is 71.1 Å². The van der Waals surface area contributed by atoms with Crippen molar-refractivity contribution in [3.05, 3.63) is 94.2 Å². The van der Waals surface area contributed by atoms with E-state index in [4.69, 9.17) is 10.8 Å². The van der Waals surface area contributed by atoms with E-state index < -0.39 is 5.79 Å². The first-order chi connectivity index (χ1) is 19.2. The summed E-state index contributed by atoms with van der Waals surface area (Å²) in [7, 11) is 0. The number of hydrogen-bond donors (Lipinski definition) is 5. The van der Waals surface area contributed by atoms with Crippen LogP contribution in [-0.4, -0.2) is 31.8 Å². The molecule has 0 spiro atoms. The molecule has 0 saturated heterocycles. The number of hydrazine groups is 1. The molecule has 1 atom stereocenters. The van der Waals surface area contributed by atoms with E-state index in [1.54, 1.807) is 47.5 Å². The fourth-order valence-corrected chi connectivity index (χ4v) is 4.41. The number of aryl methyl sites for hydroxylation is 1. The van der Waals surface area contributed by atoms with Gasteiger partial charge in [-0.25, -0.2) is 9.37 Å². The molecule has 0 radical (unpaired) electrons. The van der Waals surface area contributed by atoms with Crippen molar-refractivity contribution in [3.63, 3.8) is 0 Å². The molecule has 2 aromatic rings. The van der Waals surface area contributed by atoms with Gasteiger partial charge in [0.15, 0.2) is 5.79 Å². The number of halogens is 1. The maximum Gasteiger partial charge on any atom is 0.261 e. The van der Waals surface area contributed by atoms with E-state index in [9.17, 15) is 19.4 Å². The van der Waals surface area contributed by atoms with Crippen molar-refractivity contribution in [2.75, 3.05) is 0 Å². The number of nitrogens with zero attached hydrogens (tertiary/aromatic N) is 3. The van der Waals surface area contributed by atoms with Crippen molar-refractivity contribution in [3.8, 4) is 0 Å². The van der Waals surface area contributed by atoms with Crippen LogP contribution in [0.3, 0.4) is 0 Å². The zero-order valence-electron chi connectivity index (χ0n) is 23.3. The summed E-state index contributed by atoms with van der Waals surface area (Å²) < 4.78 is 15.2. The number of fused-ring (bicyclic) bond motifs is 1. The summed E-state index contributed by atoms with van der Waals surface area (Å²) >= 11 is 0. The van der Waals surface area contributed by atoms with E-state index in [0.717, 1.165) is 11.3 Å². The number of aliphatic hydroxyl groups is 2. The van der Waals surface area contributed by atoms with Crippen molar-refractivity contribution < 1.29 is 14.6 Å². The molecule has 2 aliphatic rings. The van der Waals surface area contributed by atoms with Gasteiger partial charge >= 0.3 is 0 Å². The summed E-state index contributed by atoms with van der Waals surface area (Å²) in [6.07, 6.45) is 16.4. The van der Waals surface area contributed by atoms with E-state index in [1.807, 2.05) is 26.0 Å². The van der Waals surface area contributed by atoms with Gasteiger partial charge in [-0.1, -0.05) is 32.1 Å². The summed E-state index contributed by atoms with van der Waals surface area (Å²) in [6.45, 7) is 5.34. The first-order valence-electron chi connectivity index (χ1n) is 13.6. The van der Waals surface area contributed by atoms with Crippen LogP contribution in [-0.2, 0) is 6.42 Å². The van der Waals surface area contributed by atoms with Crippen LogP contribution in [0.25, 0.3) is 16.6 Å². The lowest BCUT2D eigenvalue weighted by Crippen LogP contribution is -2.29. The zero-order valence-corrected chi connectivity index (χ0v) is 23.3. The highest BCUT2D eigenvalue weighted by Crippen LogP contribution is 2.25. The topological polar surface area (TPSA) is 138 Å².